The molecule has 0 N–H and O–H groups in total. The number of fused-ring (bicyclic) bond motifs is 14. The van der Waals surface area contributed by atoms with Crippen LogP contribution >= 0.6 is 0 Å². The summed E-state index contributed by atoms with van der Waals surface area (Å²) in [6.45, 7) is 23.3. The summed E-state index contributed by atoms with van der Waals surface area (Å²) in [7, 11) is 0. The van der Waals surface area contributed by atoms with E-state index in [1.54, 1.807) is 0 Å². The molecule has 65 heavy (non-hydrogen) atoms. The van der Waals surface area contributed by atoms with Crippen molar-refractivity contribution in [2.24, 2.45) is 0 Å². The van der Waals surface area contributed by atoms with Crippen LogP contribution in [-0.2, 0) is 21.7 Å². The van der Waals surface area contributed by atoms with Gasteiger partial charge < -0.3 is 9.80 Å². The van der Waals surface area contributed by atoms with E-state index in [9.17, 15) is 0 Å². The summed E-state index contributed by atoms with van der Waals surface area (Å²) in [6.07, 6.45) is 0. The van der Waals surface area contributed by atoms with Crippen LogP contribution in [0.4, 0.5) is 34.1 Å². The minimum atomic E-state index is -0.385. The normalized spacial score (nSPS) is 15.0. The van der Waals surface area contributed by atoms with E-state index in [0.29, 0.717) is 0 Å². The van der Waals surface area contributed by atoms with Crippen molar-refractivity contribution in [1.82, 2.24) is 0 Å². The molecule has 8 aromatic rings. The highest BCUT2D eigenvalue weighted by Crippen LogP contribution is 2.63. The van der Waals surface area contributed by atoms with Gasteiger partial charge in [-0.25, -0.2) is 0 Å². The number of hydrogen-bond donors (Lipinski definition) is 0. The molecule has 2 heterocycles. The summed E-state index contributed by atoms with van der Waals surface area (Å²) in [5.74, 6) is 0. The van der Waals surface area contributed by atoms with Crippen LogP contribution in [0, 0.1) is 6.92 Å². The quantitative estimate of drug-likeness (QED) is 0.160. The first-order valence-electron chi connectivity index (χ1n) is 23.6. The van der Waals surface area contributed by atoms with E-state index in [1.165, 1.54) is 117 Å². The maximum atomic E-state index is 2.61. The first-order valence-corrected chi connectivity index (χ1v) is 23.6. The fraction of sp³-hybridized carbons (Fsp3) is 0.226. The van der Waals surface area contributed by atoms with Crippen LogP contribution in [0.1, 0.15) is 107 Å². The molecular formula is C62H57BN2. The Hall–Kier alpha value is -6.58. The smallest absolute Gasteiger partial charge is 0.252 e. The largest absolute Gasteiger partial charge is 0.311 e. The molecule has 8 aromatic carbocycles. The van der Waals surface area contributed by atoms with Gasteiger partial charge in [0.05, 0.1) is 5.41 Å². The molecule has 0 radical (unpaired) electrons. The topological polar surface area (TPSA) is 6.48 Å². The summed E-state index contributed by atoms with van der Waals surface area (Å²) in [4.78, 5) is 5.17. The average molecular weight is 841 g/mol. The second-order valence-corrected chi connectivity index (χ2v) is 22.3. The van der Waals surface area contributed by atoms with Crippen molar-refractivity contribution in [2.75, 3.05) is 9.80 Å². The third kappa shape index (κ3) is 5.60. The average Bonchev–Trinajstić information content (AvgIpc) is 3.74. The Morgan fingerprint density at radius 1 is 0.369 bits per heavy atom. The number of hydrogen-bond acceptors (Lipinski definition) is 2. The van der Waals surface area contributed by atoms with E-state index in [1.807, 2.05) is 0 Å². The molecule has 0 unspecified atom stereocenters. The van der Waals surface area contributed by atoms with Gasteiger partial charge in [0.2, 0.25) is 0 Å². The van der Waals surface area contributed by atoms with Gasteiger partial charge in [0.25, 0.3) is 6.71 Å². The Morgan fingerprint density at radius 2 is 0.769 bits per heavy atom. The molecule has 2 aliphatic carbocycles. The Labute approximate surface area is 386 Å². The third-order valence-electron chi connectivity index (χ3n) is 15.2. The van der Waals surface area contributed by atoms with Gasteiger partial charge in [0.1, 0.15) is 0 Å². The Kier molecular flexibility index (Phi) is 8.29. The van der Waals surface area contributed by atoms with Crippen molar-refractivity contribution in [1.29, 1.82) is 0 Å². The van der Waals surface area contributed by atoms with Gasteiger partial charge in [0.15, 0.2) is 0 Å². The highest BCUT2D eigenvalue weighted by Gasteiger charge is 2.52. The van der Waals surface area contributed by atoms with Gasteiger partial charge in [0, 0.05) is 34.1 Å². The lowest BCUT2D eigenvalue weighted by Crippen LogP contribution is -2.61. The van der Waals surface area contributed by atoms with E-state index < -0.39 is 0 Å². The monoisotopic (exact) mass is 840 g/mol. The van der Waals surface area contributed by atoms with Gasteiger partial charge in [-0.3, -0.25) is 0 Å². The molecule has 0 aromatic heterocycles. The second-order valence-electron chi connectivity index (χ2n) is 22.3. The number of rotatable bonds is 2. The third-order valence-corrected chi connectivity index (χ3v) is 15.2. The van der Waals surface area contributed by atoms with Gasteiger partial charge in [-0.1, -0.05) is 178 Å². The molecule has 0 amide bonds. The molecule has 1 spiro atoms. The fourth-order valence-electron chi connectivity index (χ4n) is 12.0. The first-order chi connectivity index (χ1) is 31.0. The number of anilines is 6. The van der Waals surface area contributed by atoms with Crippen LogP contribution in [0.15, 0.2) is 164 Å². The lowest BCUT2D eigenvalue weighted by molar-refractivity contribution is 0.590. The minimum absolute atomic E-state index is 0.0141. The van der Waals surface area contributed by atoms with Crippen LogP contribution in [0.25, 0.3) is 22.3 Å². The molecule has 4 aliphatic rings. The molecule has 0 bridgehead atoms. The maximum Gasteiger partial charge on any atom is 0.252 e. The summed E-state index contributed by atoms with van der Waals surface area (Å²) in [6, 6.07) is 63.7. The molecule has 0 atom stereocenters. The zero-order chi connectivity index (χ0) is 44.9. The van der Waals surface area contributed by atoms with Gasteiger partial charge in [-0.2, -0.15) is 0 Å². The van der Waals surface area contributed by atoms with Crippen LogP contribution < -0.4 is 26.2 Å². The molecule has 3 heteroatoms. The van der Waals surface area contributed by atoms with E-state index in [4.69, 9.17) is 0 Å². The highest BCUT2D eigenvalue weighted by molar-refractivity contribution is 7.00. The van der Waals surface area contributed by atoms with E-state index >= 15 is 0 Å². The molecule has 0 saturated heterocycles. The van der Waals surface area contributed by atoms with Gasteiger partial charge in [-0.15, -0.1) is 0 Å². The second kappa shape index (κ2) is 13.5. The van der Waals surface area contributed by atoms with Crippen molar-refractivity contribution in [3.63, 3.8) is 0 Å². The summed E-state index contributed by atoms with van der Waals surface area (Å²) in [5, 5.41) is 0. The predicted molar refractivity (Wildman–Crippen MR) is 278 cm³/mol. The van der Waals surface area contributed by atoms with Gasteiger partial charge >= 0.3 is 0 Å². The van der Waals surface area contributed by atoms with Crippen molar-refractivity contribution < 1.29 is 0 Å². The minimum Gasteiger partial charge on any atom is -0.311 e. The van der Waals surface area contributed by atoms with Crippen LogP contribution in [-0.4, -0.2) is 6.71 Å². The first kappa shape index (κ1) is 40.0. The summed E-state index contributed by atoms with van der Waals surface area (Å²) < 4.78 is 0. The van der Waals surface area contributed by atoms with E-state index in [2.05, 4.69) is 243 Å². The standard InChI is InChI=1S/C62H57BN2/c1-38-33-56-58-57(34-38)65(43-29-30-51-47(37-43)46-19-13-16-22-50(46)62(51)48-20-14-11-17-44(48)45-18-12-15-21-49(45)62)55-32-26-41(61(8,9)10)36-53(55)63(58)52-35-40(60(5,6)7)25-31-54(52)64(56)42-27-23-39(24-28-42)59(2,3)4/h11-37H,1-10H3. The zero-order valence-corrected chi connectivity index (χ0v) is 39.6. The SMILES string of the molecule is Cc1cc2c3c(c1)N(c1ccc4c(c1)-c1ccccc1C41c4ccccc4-c4ccccc41)c1ccc(C(C)(C)C)cc1B3c1cc(C(C)(C)C)ccc1N2c1ccc(C(C)(C)C)cc1. The maximum absolute atomic E-state index is 2.61. The number of aryl methyl sites for hydroxylation is 1. The lowest BCUT2D eigenvalue weighted by atomic mass is 9.33. The van der Waals surface area contributed by atoms with E-state index in [0.717, 1.165) is 0 Å². The van der Waals surface area contributed by atoms with Crippen LogP contribution in [0.2, 0.25) is 0 Å². The Bertz CT molecular complexity index is 3250. The lowest BCUT2D eigenvalue weighted by Gasteiger charge is -2.45. The molecular weight excluding hydrogens is 784 g/mol. The van der Waals surface area contributed by atoms with Gasteiger partial charge in [-0.05, 0) is 155 Å². The van der Waals surface area contributed by atoms with Crippen LogP contribution in [0.3, 0.4) is 0 Å². The Morgan fingerprint density at radius 3 is 1.25 bits per heavy atom. The molecule has 2 nitrogen and oxygen atoms in total. The predicted octanol–water partition coefficient (Wildman–Crippen LogP) is 14.3. The molecule has 0 fully saturated rings. The number of nitrogens with zero attached hydrogens (tertiary/aromatic N) is 2. The van der Waals surface area contributed by atoms with Crippen molar-refractivity contribution in [3.05, 3.63) is 208 Å². The van der Waals surface area contributed by atoms with E-state index in [-0.39, 0.29) is 28.4 Å². The van der Waals surface area contributed by atoms with Crippen molar-refractivity contribution in [2.45, 2.75) is 90.9 Å². The molecule has 0 saturated carbocycles. The fourth-order valence-corrected chi connectivity index (χ4v) is 12.0. The van der Waals surface area contributed by atoms with Crippen molar-refractivity contribution in [3.8, 4) is 22.3 Å². The Balaban J connectivity index is 1.14. The zero-order valence-electron chi connectivity index (χ0n) is 39.6. The molecule has 12 rings (SSSR count). The summed E-state index contributed by atoms with van der Waals surface area (Å²) in [5.41, 5.74) is 27.2. The molecule has 318 valence electrons. The molecule has 2 aliphatic heterocycles. The highest BCUT2D eigenvalue weighted by atomic mass is 15.2. The number of benzene rings is 8. The summed E-state index contributed by atoms with van der Waals surface area (Å²) >= 11 is 0. The van der Waals surface area contributed by atoms with Crippen molar-refractivity contribution >= 4 is 57.2 Å². The van der Waals surface area contributed by atoms with Crippen LogP contribution in [0.5, 0.6) is 0 Å².